The number of hydrogen-bond acceptors (Lipinski definition) is 1. The Morgan fingerprint density at radius 1 is 0.328 bits per heavy atom. The summed E-state index contributed by atoms with van der Waals surface area (Å²) in [6.45, 7) is 0. The minimum atomic E-state index is -0.487. The summed E-state index contributed by atoms with van der Waals surface area (Å²) in [6.07, 6.45) is 0. The molecule has 13 rings (SSSR count). The first-order chi connectivity index (χ1) is 28.8. The van der Waals surface area contributed by atoms with Crippen LogP contribution in [0.25, 0.3) is 88.1 Å². The minimum Gasteiger partial charge on any atom is -0.455 e. The van der Waals surface area contributed by atoms with Crippen LogP contribution < -0.4 is 0 Å². The summed E-state index contributed by atoms with van der Waals surface area (Å²) in [7, 11) is 0. The highest BCUT2D eigenvalue weighted by atomic mass is 16.3. The second kappa shape index (κ2) is 11.7. The van der Waals surface area contributed by atoms with Gasteiger partial charge in [0.25, 0.3) is 0 Å². The number of aromatic nitrogens is 2. The van der Waals surface area contributed by atoms with Gasteiger partial charge in [-0.1, -0.05) is 146 Å². The van der Waals surface area contributed by atoms with Crippen molar-refractivity contribution < 1.29 is 4.42 Å². The second-order valence-corrected chi connectivity index (χ2v) is 15.6. The molecule has 0 fully saturated rings. The number of para-hydroxylation sites is 3. The van der Waals surface area contributed by atoms with Crippen LogP contribution in [0.3, 0.4) is 0 Å². The molecule has 1 aliphatic carbocycles. The molecule has 12 aromatic rings. The lowest BCUT2D eigenvalue weighted by Gasteiger charge is -2.34. The standard InChI is InChI=1S/C55H34N2O/c1-4-16-35(17-5-1)55(36-18-6-2-7-19-36)45-25-13-10-22-39(45)40-29-28-38(34-46(40)55)57-48-27-15-12-24-44(48)52-50(57)33-31-42-41-30-32-49-51(53(41)58-54(42)52)43-23-11-14-26-47(43)56(49)37-20-8-3-9-21-37/h1-34H. The largest absolute Gasteiger partial charge is 0.455 e. The number of nitrogens with zero attached hydrogens (tertiary/aromatic N) is 2. The Labute approximate surface area is 334 Å². The Hall–Kier alpha value is -7.62. The van der Waals surface area contributed by atoms with Gasteiger partial charge in [0.1, 0.15) is 11.2 Å². The van der Waals surface area contributed by atoms with Gasteiger partial charge in [0.15, 0.2) is 0 Å². The Morgan fingerprint density at radius 3 is 1.41 bits per heavy atom. The lowest BCUT2D eigenvalue weighted by molar-refractivity contribution is 0.677. The van der Waals surface area contributed by atoms with Gasteiger partial charge in [0, 0.05) is 32.9 Å². The summed E-state index contributed by atoms with van der Waals surface area (Å²) in [5.41, 5.74) is 15.9. The topological polar surface area (TPSA) is 23.0 Å². The predicted molar refractivity (Wildman–Crippen MR) is 240 cm³/mol. The lowest BCUT2D eigenvalue weighted by atomic mass is 9.67. The zero-order chi connectivity index (χ0) is 38.0. The molecule has 270 valence electrons. The first kappa shape index (κ1) is 31.6. The number of benzene rings is 9. The highest BCUT2D eigenvalue weighted by Gasteiger charge is 2.46. The molecule has 3 nitrogen and oxygen atoms in total. The normalized spacial score (nSPS) is 13.3. The summed E-state index contributed by atoms with van der Waals surface area (Å²) in [5.74, 6) is 0. The van der Waals surface area contributed by atoms with Gasteiger partial charge in [-0.2, -0.15) is 0 Å². The number of rotatable bonds is 4. The highest BCUT2D eigenvalue weighted by Crippen LogP contribution is 2.57. The molecule has 0 amide bonds. The van der Waals surface area contributed by atoms with Crippen molar-refractivity contribution >= 4 is 65.6 Å². The van der Waals surface area contributed by atoms with E-state index in [1.54, 1.807) is 0 Å². The lowest BCUT2D eigenvalue weighted by Crippen LogP contribution is -2.28. The van der Waals surface area contributed by atoms with Crippen LogP contribution in [0.2, 0.25) is 0 Å². The van der Waals surface area contributed by atoms with Gasteiger partial charge in [-0.25, -0.2) is 0 Å². The molecule has 0 spiro atoms. The zero-order valence-electron chi connectivity index (χ0n) is 31.4. The van der Waals surface area contributed by atoms with E-state index in [0.717, 1.165) is 60.6 Å². The second-order valence-electron chi connectivity index (χ2n) is 15.6. The SMILES string of the molecule is c1ccc(-n2c3ccccc3c3c4oc5c(ccc6c5c5ccccc5n6-c5ccc6c(c5)C(c5ccccc5)(c5ccccc5)c5ccccc5-6)c4ccc32)cc1. The molecule has 0 N–H and O–H groups in total. The molecular weight excluding hydrogens is 705 g/mol. The van der Waals surface area contributed by atoms with Crippen LogP contribution in [0.1, 0.15) is 22.3 Å². The van der Waals surface area contributed by atoms with Gasteiger partial charge in [-0.05, 0) is 94.0 Å². The molecule has 0 aliphatic heterocycles. The summed E-state index contributed by atoms with van der Waals surface area (Å²) >= 11 is 0. The van der Waals surface area contributed by atoms with E-state index in [1.807, 2.05) is 0 Å². The Morgan fingerprint density at radius 2 is 0.810 bits per heavy atom. The van der Waals surface area contributed by atoms with E-state index in [0.29, 0.717) is 0 Å². The molecule has 0 saturated heterocycles. The molecule has 9 aromatic carbocycles. The fourth-order valence-electron chi connectivity index (χ4n) is 10.5. The Bertz CT molecular complexity index is 3570. The van der Waals surface area contributed by atoms with E-state index >= 15 is 0 Å². The van der Waals surface area contributed by atoms with Gasteiger partial charge in [-0.3, -0.25) is 0 Å². The van der Waals surface area contributed by atoms with Crippen molar-refractivity contribution in [1.82, 2.24) is 9.13 Å². The summed E-state index contributed by atoms with van der Waals surface area (Å²) < 4.78 is 12.0. The molecule has 0 saturated carbocycles. The first-order valence-corrected chi connectivity index (χ1v) is 20.0. The van der Waals surface area contributed by atoms with Crippen molar-refractivity contribution in [3.05, 3.63) is 229 Å². The van der Waals surface area contributed by atoms with Crippen molar-refractivity contribution in [2.75, 3.05) is 0 Å². The fourth-order valence-corrected chi connectivity index (χ4v) is 10.5. The Balaban J connectivity index is 1.11. The fraction of sp³-hybridized carbons (Fsp3) is 0.0182. The van der Waals surface area contributed by atoms with E-state index in [-0.39, 0.29) is 0 Å². The quantitative estimate of drug-likeness (QED) is 0.176. The van der Waals surface area contributed by atoms with Crippen LogP contribution in [-0.4, -0.2) is 9.13 Å². The van der Waals surface area contributed by atoms with Gasteiger partial charge in [0.2, 0.25) is 0 Å². The Kier molecular flexibility index (Phi) is 6.37. The smallest absolute Gasteiger partial charge is 0.145 e. The molecule has 0 unspecified atom stereocenters. The third kappa shape index (κ3) is 4.02. The van der Waals surface area contributed by atoms with Crippen molar-refractivity contribution in [1.29, 1.82) is 0 Å². The van der Waals surface area contributed by atoms with Crippen LogP contribution >= 0.6 is 0 Å². The van der Waals surface area contributed by atoms with Crippen LogP contribution in [0.15, 0.2) is 211 Å². The van der Waals surface area contributed by atoms with Crippen molar-refractivity contribution in [2.24, 2.45) is 0 Å². The molecule has 0 bridgehead atoms. The molecule has 1 aliphatic rings. The molecule has 3 heteroatoms. The van der Waals surface area contributed by atoms with Gasteiger partial charge in [0.05, 0.1) is 38.3 Å². The third-order valence-corrected chi connectivity index (χ3v) is 12.8. The maximum Gasteiger partial charge on any atom is 0.145 e. The van der Waals surface area contributed by atoms with E-state index in [9.17, 15) is 0 Å². The molecular formula is C55H34N2O. The molecule has 58 heavy (non-hydrogen) atoms. The van der Waals surface area contributed by atoms with Gasteiger partial charge in [-0.15, -0.1) is 0 Å². The summed E-state index contributed by atoms with van der Waals surface area (Å²) in [6, 6.07) is 75.3. The summed E-state index contributed by atoms with van der Waals surface area (Å²) in [4.78, 5) is 0. The third-order valence-electron chi connectivity index (χ3n) is 12.8. The average Bonchev–Trinajstić information content (AvgIpc) is 4.02. The van der Waals surface area contributed by atoms with Crippen LogP contribution in [0, 0.1) is 0 Å². The minimum absolute atomic E-state index is 0.487. The van der Waals surface area contributed by atoms with Crippen LogP contribution in [0.5, 0.6) is 0 Å². The number of hydrogen-bond donors (Lipinski definition) is 0. The molecule has 3 heterocycles. The first-order valence-electron chi connectivity index (χ1n) is 20.0. The number of furan rings is 1. The highest BCUT2D eigenvalue weighted by molar-refractivity contribution is 6.29. The van der Waals surface area contributed by atoms with E-state index in [1.165, 1.54) is 49.7 Å². The van der Waals surface area contributed by atoms with Crippen molar-refractivity contribution in [3.63, 3.8) is 0 Å². The molecule has 3 aromatic heterocycles. The molecule has 0 atom stereocenters. The summed E-state index contributed by atoms with van der Waals surface area (Å²) in [5, 5.41) is 6.88. The monoisotopic (exact) mass is 738 g/mol. The van der Waals surface area contributed by atoms with E-state index < -0.39 is 5.41 Å². The number of fused-ring (bicyclic) bond motifs is 14. The van der Waals surface area contributed by atoms with E-state index in [2.05, 4.69) is 215 Å². The van der Waals surface area contributed by atoms with E-state index in [4.69, 9.17) is 4.42 Å². The van der Waals surface area contributed by atoms with Crippen LogP contribution in [0.4, 0.5) is 0 Å². The maximum absolute atomic E-state index is 7.23. The van der Waals surface area contributed by atoms with Gasteiger partial charge >= 0.3 is 0 Å². The van der Waals surface area contributed by atoms with Gasteiger partial charge < -0.3 is 13.6 Å². The average molecular weight is 739 g/mol. The zero-order valence-corrected chi connectivity index (χ0v) is 31.4. The predicted octanol–water partition coefficient (Wildman–Crippen LogP) is 14.1. The van der Waals surface area contributed by atoms with Crippen molar-refractivity contribution in [2.45, 2.75) is 5.41 Å². The van der Waals surface area contributed by atoms with Crippen LogP contribution in [-0.2, 0) is 5.41 Å². The maximum atomic E-state index is 7.23. The van der Waals surface area contributed by atoms with Crippen molar-refractivity contribution in [3.8, 4) is 22.5 Å². The molecule has 0 radical (unpaired) electrons.